The quantitative estimate of drug-likeness (QED) is 0.222. The summed E-state index contributed by atoms with van der Waals surface area (Å²) in [5.74, 6) is 0.806. The summed E-state index contributed by atoms with van der Waals surface area (Å²) in [5, 5.41) is 11.6. The van der Waals surface area contributed by atoms with E-state index in [1.54, 1.807) is 6.07 Å². The molecule has 1 fully saturated rings. The molecular formula is C26H41F3N4OS. The number of benzene rings is 1. The van der Waals surface area contributed by atoms with Gasteiger partial charge in [-0.15, -0.1) is 0 Å². The van der Waals surface area contributed by atoms with Crippen LogP contribution in [0.1, 0.15) is 76.3 Å². The first-order chi connectivity index (χ1) is 16.9. The van der Waals surface area contributed by atoms with Crippen molar-refractivity contribution < 1.29 is 18.0 Å². The molecule has 2 rings (SSSR count). The second kappa shape index (κ2) is 18.5. The van der Waals surface area contributed by atoms with Crippen LogP contribution in [0.25, 0.3) is 0 Å². The van der Waals surface area contributed by atoms with Crippen molar-refractivity contribution in [2.75, 3.05) is 51.0 Å². The molecule has 0 bridgehead atoms. The fourth-order valence-corrected chi connectivity index (χ4v) is 4.86. The van der Waals surface area contributed by atoms with Gasteiger partial charge in [0.1, 0.15) is 0 Å². The Morgan fingerprint density at radius 2 is 1.71 bits per heavy atom. The number of hydrogen-bond donors (Lipinski definition) is 1. The lowest BCUT2D eigenvalue weighted by Gasteiger charge is -2.33. The number of nitriles is 1. The first-order valence-electron chi connectivity index (χ1n) is 12.6. The van der Waals surface area contributed by atoms with Crippen LogP contribution in [0.4, 0.5) is 18.9 Å². The first-order valence-corrected chi connectivity index (χ1v) is 13.5. The van der Waals surface area contributed by atoms with Crippen molar-refractivity contribution in [2.24, 2.45) is 5.92 Å². The summed E-state index contributed by atoms with van der Waals surface area (Å²) in [6, 6.07) is 5.78. The number of carbonyl (C=O) groups excluding carboxylic acids is 1. The Morgan fingerprint density at radius 3 is 2.31 bits per heavy atom. The Labute approximate surface area is 213 Å². The average molecular weight is 515 g/mol. The van der Waals surface area contributed by atoms with Crippen LogP contribution < -0.4 is 5.32 Å². The zero-order valence-corrected chi connectivity index (χ0v) is 22.2. The number of halogens is 3. The lowest BCUT2D eigenvalue weighted by atomic mass is 10.0. The van der Waals surface area contributed by atoms with Crippen molar-refractivity contribution in [2.45, 2.75) is 65.2 Å². The zero-order valence-electron chi connectivity index (χ0n) is 21.4. The highest BCUT2D eigenvalue weighted by atomic mass is 32.2. The maximum atomic E-state index is 13.1. The van der Waals surface area contributed by atoms with Gasteiger partial charge in [0.2, 0.25) is 5.91 Å². The van der Waals surface area contributed by atoms with Crippen LogP contribution >= 0.6 is 11.9 Å². The van der Waals surface area contributed by atoms with Gasteiger partial charge >= 0.3 is 0 Å². The van der Waals surface area contributed by atoms with Crippen LogP contribution in [0.2, 0.25) is 0 Å². The highest BCUT2D eigenvalue weighted by Gasteiger charge is 2.17. The number of carbonyl (C=O) groups is 1. The Balaban J connectivity index is 0.00000298. The maximum absolute atomic E-state index is 13.1. The predicted molar refractivity (Wildman–Crippen MR) is 139 cm³/mol. The number of nitrogens with one attached hydrogen (secondary N) is 1. The molecule has 5 nitrogen and oxygen atoms in total. The van der Waals surface area contributed by atoms with Gasteiger partial charge in [0.05, 0.1) is 18.8 Å². The van der Waals surface area contributed by atoms with Gasteiger partial charge in [-0.3, -0.25) is 9.18 Å². The van der Waals surface area contributed by atoms with Crippen molar-refractivity contribution in [1.82, 2.24) is 9.21 Å². The lowest BCUT2D eigenvalue weighted by molar-refractivity contribution is -0.119. The molecule has 35 heavy (non-hydrogen) atoms. The molecular weight excluding hydrogens is 473 g/mol. The SMILES string of the molecule is CCSN1CCN(CCCCCCCCC(C)C(=O)Nc2ccc(C#N)c(C(F)F)c2)CC1.CF. The van der Waals surface area contributed by atoms with E-state index in [1.807, 2.05) is 18.9 Å². The number of piperazine rings is 1. The van der Waals surface area contributed by atoms with Crippen molar-refractivity contribution in [3.63, 3.8) is 0 Å². The summed E-state index contributed by atoms with van der Waals surface area (Å²) in [7, 11) is 0.500. The topological polar surface area (TPSA) is 59.4 Å². The third kappa shape index (κ3) is 12.2. The third-order valence-electron chi connectivity index (χ3n) is 6.13. The molecule has 0 spiro atoms. The van der Waals surface area contributed by atoms with Crippen molar-refractivity contribution in [3.8, 4) is 6.07 Å². The van der Waals surface area contributed by atoms with Gasteiger partial charge in [0, 0.05) is 49.1 Å². The van der Waals surface area contributed by atoms with E-state index < -0.39 is 6.43 Å². The molecule has 1 aliphatic heterocycles. The predicted octanol–water partition coefficient (Wildman–Crippen LogP) is 6.67. The molecule has 1 heterocycles. The molecule has 198 valence electrons. The van der Waals surface area contributed by atoms with Crippen LogP contribution in [0.15, 0.2) is 18.2 Å². The number of alkyl halides is 3. The molecule has 1 amide bonds. The molecule has 1 saturated heterocycles. The van der Waals surface area contributed by atoms with Gasteiger partial charge in [-0.05, 0) is 37.6 Å². The minimum Gasteiger partial charge on any atom is -0.326 e. The lowest BCUT2D eigenvalue weighted by Crippen LogP contribution is -2.43. The fourth-order valence-electron chi connectivity index (χ4n) is 4.08. The fraction of sp³-hybridized carbons (Fsp3) is 0.692. The molecule has 0 aromatic heterocycles. The van der Waals surface area contributed by atoms with E-state index in [2.05, 4.69) is 21.4 Å². The Morgan fingerprint density at radius 1 is 1.09 bits per heavy atom. The molecule has 0 saturated carbocycles. The van der Waals surface area contributed by atoms with Gasteiger partial charge in [0.15, 0.2) is 0 Å². The summed E-state index contributed by atoms with van der Waals surface area (Å²) in [6.45, 7) is 9.97. The van der Waals surface area contributed by atoms with E-state index in [4.69, 9.17) is 5.26 Å². The molecule has 1 atom stereocenters. The van der Waals surface area contributed by atoms with Crippen LogP contribution in [0.3, 0.4) is 0 Å². The van der Waals surface area contributed by atoms with Gasteiger partial charge in [-0.1, -0.05) is 57.9 Å². The minimum atomic E-state index is -2.75. The van der Waals surface area contributed by atoms with Crippen molar-refractivity contribution in [1.29, 1.82) is 5.26 Å². The number of rotatable bonds is 14. The molecule has 0 aliphatic carbocycles. The Bertz CT molecular complexity index is 767. The van der Waals surface area contributed by atoms with Gasteiger partial charge < -0.3 is 10.2 Å². The van der Waals surface area contributed by atoms with E-state index in [1.165, 1.54) is 76.6 Å². The average Bonchev–Trinajstić information content (AvgIpc) is 2.87. The number of unbranched alkanes of at least 4 members (excludes halogenated alkanes) is 5. The largest absolute Gasteiger partial charge is 0.326 e. The second-order valence-corrected chi connectivity index (χ2v) is 10.1. The number of amides is 1. The summed E-state index contributed by atoms with van der Waals surface area (Å²) < 4.78 is 38.1. The van der Waals surface area contributed by atoms with Gasteiger partial charge in [0.25, 0.3) is 6.43 Å². The first kappa shape index (κ1) is 31.3. The Kier molecular flexibility index (Phi) is 16.5. The van der Waals surface area contributed by atoms with E-state index in [9.17, 15) is 18.0 Å². The monoisotopic (exact) mass is 514 g/mol. The molecule has 9 heteroatoms. The molecule has 1 N–H and O–H groups in total. The highest BCUT2D eigenvalue weighted by molar-refractivity contribution is 7.96. The van der Waals surface area contributed by atoms with E-state index >= 15 is 0 Å². The van der Waals surface area contributed by atoms with Crippen LogP contribution in [0.5, 0.6) is 0 Å². The van der Waals surface area contributed by atoms with Crippen LogP contribution in [-0.2, 0) is 4.79 Å². The summed E-state index contributed by atoms with van der Waals surface area (Å²) in [5.41, 5.74) is -0.0999. The van der Waals surface area contributed by atoms with Crippen LogP contribution in [-0.4, -0.2) is 60.8 Å². The number of anilines is 1. The van der Waals surface area contributed by atoms with Gasteiger partial charge in [-0.2, -0.15) is 5.26 Å². The van der Waals surface area contributed by atoms with Crippen LogP contribution in [0, 0.1) is 17.2 Å². The minimum absolute atomic E-state index is 0.0651. The highest BCUT2D eigenvalue weighted by Crippen LogP contribution is 2.26. The standard InChI is InChI=1S/C25H38F2N4OS.CH3F/c1-3-33-31-16-14-30(15-17-31)13-9-7-5-4-6-8-10-20(2)25(32)29-22-12-11-21(19-28)23(18-22)24(26)27;1-2/h11-12,18,20,24H,3-10,13-17H2,1-2H3,(H,29,32);1H3. The zero-order chi connectivity index (χ0) is 26.1. The normalized spacial score (nSPS) is 15.3. The van der Waals surface area contributed by atoms with E-state index in [-0.39, 0.29) is 23.0 Å². The summed E-state index contributed by atoms with van der Waals surface area (Å²) in [6.07, 6.45) is 5.05. The van der Waals surface area contributed by atoms with E-state index in [0.29, 0.717) is 12.9 Å². The molecule has 0 radical (unpaired) electrons. The van der Waals surface area contributed by atoms with E-state index in [0.717, 1.165) is 25.0 Å². The smallest absolute Gasteiger partial charge is 0.265 e. The summed E-state index contributed by atoms with van der Waals surface area (Å²) in [4.78, 5) is 15.0. The Hall–Kier alpha value is -1.76. The van der Waals surface area contributed by atoms with Crippen molar-refractivity contribution in [3.05, 3.63) is 29.3 Å². The molecule has 1 aromatic rings. The van der Waals surface area contributed by atoms with Crippen molar-refractivity contribution >= 4 is 23.5 Å². The third-order valence-corrected chi connectivity index (χ3v) is 7.12. The second-order valence-electron chi connectivity index (χ2n) is 8.70. The number of hydrogen-bond acceptors (Lipinski definition) is 5. The van der Waals surface area contributed by atoms with Gasteiger partial charge in [-0.25, -0.2) is 13.1 Å². The molecule has 1 aliphatic rings. The maximum Gasteiger partial charge on any atom is 0.265 e. The number of nitrogens with zero attached hydrogens (tertiary/aromatic N) is 3. The summed E-state index contributed by atoms with van der Waals surface area (Å²) >= 11 is 1.94. The molecule has 1 aromatic carbocycles. The molecule has 1 unspecified atom stereocenters.